The molecule has 0 bridgehead atoms. The quantitative estimate of drug-likeness (QED) is 0.0501. The number of ether oxygens (including phenoxy) is 2. The molecule has 672 valence electrons. The lowest BCUT2D eigenvalue weighted by atomic mass is 9.94. The summed E-state index contributed by atoms with van der Waals surface area (Å²) >= 11 is 22.4. The van der Waals surface area contributed by atoms with Crippen LogP contribution in [-0.4, -0.2) is 119 Å². The molecule has 3 N–H and O–H groups in total. The first-order valence-electron chi connectivity index (χ1n) is 43.1. The van der Waals surface area contributed by atoms with Crippen LogP contribution in [0, 0.1) is 76.2 Å². The van der Waals surface area contributed by atoms with E-state index in [-0.39, 0.29) is 39.4 Å². The van der Waals surface area contributed by atoms with Crippen molar-refractivity contribution in [2.45, 2.75) is 152 Å². The summed E-state index contributed by atoms with van der Waals surface area (Å²) in [6.45, 7) is 24.2. The molecule has 23 nitrogen and oxygen atoms in total. The first-order valence-corrected chi connectivity index (χ1v) is 47.3. The Balaban J connectivity index is 0.000000137. The topological polar surface area (TPSA) is 288 Å². The zero-order valence-corrected chi connectivity index (χ0v) is 79.4. The molecule has 0 spiro atoms. The van der Waals surface area contributed by atoms with Crippen molar-refractivity contribution in [3.8, 4) is 51.2 Å². The van der Waals surface area contributed by atoms with Gasteiger partial charge < -0.3 is 38.7 Å². The molecule has 5 aromatic heterocycles. The number of amides is 1. The molecule has 18 rings (SSSR count). The van der Waals surface area contributed by atoms with Crippen LogP contribution >= 0.6 is 57.9 Å². The summed E-state index contributed by atoms with van der Waals surface area (Å²) in [4.78, 5) is 55.7. The van der Waals surface area contributed by atoms with E-state index >= 15 is 0 Å². The van der Waals surface area contributed by atoms with E-state index in [0.717, 1.165) is 153 Å². The van der Waals surface area contributed by atoms with E-state index in [0.29, 0.717) is 111 Å². The first kappa shape index (κ1) is 93.0. The Kier molecular flexibility index (Phi) is 28.6. The van der Waals surface area contributed by atoms with Crippen molar-refractivity contribution >= 4 is 136 Å². The number of Topliss-reactive ketones (excluding diaryl/α,β-unsaturated/α-hetero) is 1. The minimum atomic E-state index is -3.92. The molecule has 14 aromatic rings. The monoisotopic (exact) mass is 1870 g/mol. The van der Waals surface area contributed by atoms with Gasteiger partial charge in [0, 0.05) is 96.7 Å². The number of carbonyl (C=O) groups excluding carboxylic acids is 2. The Hall–Kier alpha value is -12.7. The SMILES string of the molecule is Cc1c(O)ccc(/C=N/n2c(C)csc2=NC2CCCCC2)c1O.Cc1cc(Oc2ccc(Cn3nc(C)c4c(C(=O)O)cc(-c5ccco5)cc43)cc2)cc(C)c1Cl.Cc1ccc(S(=O)(=O)N=C2C=C(SC3=NC=NC3)C(=O)c3ccccc32)cc1.Cc1cccc(N2CCCn3c(c(CCCOc4cc(C)c(Cl)c(C)c4)c4ccc(Cl)c(-c5c(C)nn(C)c5C)c43)C2=O)c1. The van der Waals surface area contributed by atoms with Crippen molar-refractivity contribution in [1.82, 2.24) is 28.8 Å². The number of aliphatic imine (C=N–C) groups is 2. The number of allylic oxidation sites excluding steroid dienone is 2. The number of fused-ring (bicyclic) bond motifs is 5. The zero-order chi connectivity index (χ0) is 92.8. The molecular formula is C102H99Cl3N12O11S3. The molecule has 7 heterocycles. The number of hydrogen-bond donors (Lipinski definition) is 3. The number of aromatic carboxylic acids is 1. The smallest absolute Gasteiger partial charge is 0.336 e. The number of thioether (sulfide) groups is 1. The first-order chi connectivity index (χ1) is 62.9. The van der Waals surface area contributed by atoms with Gasteiger partial charge in [-0.25, -0.2) is 14.5 Å². The molecule has 9 aromatic carbocycles. The van der Waals surface area contributed by atoms with Crippen LogP contribution in [-0.2, 0) is 36.6 Å². The number of carboxylic acids is 1. The van der Waals surface area contributed by atoms with E-state index in [2.05, 4.69) is 61.2 Å². The number of phenols is 2. The molecule has 1 saturated carbocycles. The number of ketones is 1. The maximum Gasteiger partial charge on any atom is 0.336 e. The Morgan fingerprint density at radius 1 is 0.718 bits per heavy atom. The predicted molar refractivity (Wildman–Crippen MR) is 526 cm³/mol. The van der Waals surface area contributed by atoms with Crippen LogP contribution in [0.25, 0.3) is 44.3 Å². The second-order valence-corrected chi connectivity index (χ2v) is 37.7. The number of carbonyl (C=O) groups is 3. The number of aryl methyl sites for hydroxylation is 12. The number of hydrogen-bond acceptors (Lipinski definition) is 18. The van der Waals surface area contributed by atoms with Gasteiger partial charge in [-0.15, -0.1) is 11.3 Å². The van der Waals surface area contributed by atoms with Gasteiger partial charge in [0.05, 0.1) is 92.4 Å². The van der Waals surface area contributed by atoms with Gasteiger partial charge in [-0.2, -0.15) is 28.1 Å². The number of aromatic nitrogens is 6. The summed E-state index contributed by atoms with van der Waals surface area (Å²) in [6.07, 6.45) is 14.5. The van der Waals surface area contributed by atoms with Gasteiger partial charge in [0.15, 0.2) is 0 Å². The lowest BCUT2D eigenvalue weighted by molar-refractivity contribution is 0.0698. The third kappa shape index (κ3) is 20.7. The number of nitrogens with zero attached hydrogens (tertiary/aromatic N) is 12. The minimum Gasteiger partial charge on any atom is -0.508 e. The number of phenolic OH excluding ortho intramolecular Hbond substituents is 2. The van der Waals surface area contributed by atoms with Gasteiger partial charge in [-0.3, -0.25) is 28.9 Å². The van der Waals surface area contributed by atoms with Crippen molar-refractivity contribution in [1.29, 1.82) is 0 Å². The number of rotatable bonds is 19. The van der Waals surface area contributed by atoms with Gasteiger partial charge in [-0.1, -0.05) is 138 Å². The second-order valence-electron chi connectivity index (χ2n) is 33.0. The largest absolute Gasteiger partial charge is 0.508 e. The van der Waals surface area contributed by atoms with Crippen molar-refractivity contribution < 1.29 is 52.0 Å². The fraction of sp³-hybridized carbons (Fsp3) is 0.255. The van der Waals surface area contributed by atoms with Crippen LogP contribution < -0.4 is 19.2 Å². The standard InChI is InChI=1S/C36H38Cl2N4O2.C28H23ClN2O4.C20H15N3O3S2.C18H23N3O2S/c1-21-10-7-11-26(18-21)41-15-9-16-42-34-29(13-14-30(37)32(34)31-24(4)39-40(6)25(31)5)28(35(42)36(41)43)12-8-17-44-27-19-22(2)33(38)23(3)20-27;1-16-11-22(12-17(2)27(16)29)35-21-8-6-19(7-9-21)15-31-24-14-20(25-5-4-10-34-25)13-23(28(32)33)26(24)18(3)30-31;1-13-6-8-14(9-7-13)28(25,26)23-17-10-18(27-19-11-21-12-22-19)20(24)16-5-3-2-4-15(16)17;1-12-11-24-18(20-15-6-4-3-5-7-15)21(12)19-10-14-8-9-16(22)13(2)17(14)23/h7,10-11,13-14,18-20H,8-9,12,15-17H2,1-6H3;4-14H,15H2,1-3H3,(H,32,33);2-10,12H,11H2,1H3;8-11,15,22-23H,3-7H2,1-2H3/b;;;19-10+,20-18?. The maximum absolute atomic E-state index is 14.6. The number of carboxylic acid groups (broad SMARTS) is 1. The summed E-state index contributed by atoms with van der Waals surface area (Å²) in [5, 5.41) is 50.0. The highest BCUT2D eigenvalue weighted by atomic mass is 35.5. The number of furan rings is 1. The number of thiazole rings is 1. The average Bonchev–Trinajstić information content (AvgIpc) is 1.56. The van der Waals surface area contributed by atoms with Crippen molar-refractivity contribution in [3.63, 3.8) is 0 Å². The van der Waals surface area contributed by atoms with Crippen LogP contribution in [0.1, 0.15) is 160 Å². The Morgan fingerprint density at radius 3 is 2.09 bits per heavy atom. The van der Waals surface area contributed by atoms with Gasteiger partial charge >= 0.3 is 5.97 Å². The normalized spacial score (nSPS) is 14.4. The Labute approximate surface area is 783 Å². The van der Waals surface area contributed by atoms with Crippen LogP contribution in [0.5, 0.6) is 28.7 Å². The highest BCUT2D eigenvalue weighted by molar-refractivity contribution is 8.18. The number of anilines is 1. The highest BCUT2D eigenvalue weighted by Gasteiger charge is 2.34. The summed E-state index contributed by atoms with van der Waals surface area (Å²) in [6, 6.07) is 51.9. The van der Waals surface area contributed by atoms with Crippen LogP contribution in [0.15, 0.2) is 226 Å². The van der Waals surface area contributed by atoms with Crippen LogP contribution in [0.4, 0.5) is 5.69 Å². The number of aromatic hydroxyl groups is 2. The zero-order valence-electron chi connectivity index (χ0n) is 74.7. The van der Waals surface area contributed by atoms with Crippen molar-refractivity contribution in [2.24, 2.45) is 31.5 Å². The van der Waals surface area contributed by atoms with E-state index in [4.69, 9.17) is 58.8 Å². The molecule has 29 heteroatoms. The molecule has 4 aliphatic rings. The van der Waals surface area contributed by atoms with Crippen molar-refractivity contribution in [3.05, 3.63) is 313 Å². The molecule has 0 atom stereocenters. The molecular weight excluding hydrogens is 1770 g/mol. The third-order valence-corrected chi connectivity index (χ3v) is 28.2. The van der Waals surface area contributed by atoms with E-state index < -0.39 is 16.0 Å². The summed E-state index contributed by atoms with van der Waals surface area (Å²) in [5.41, 5.74) is 20.1. The van der Waals surface area contributed by atoms with Gasteiger partial charge in [0.25, 0.3) is 15.9 Å². The maximum atomic E-state index is 14.6. The Morgan fingerprint density at radius 2 is 1.43 bits per heavy atom. The second kappa shape index (κ2) is 40.4. The molecule has 0 unspecified atom stereocenters. The number of sulfonamides is 1. The summed E-state index contributed by atoms with van der Waals surface area (Å²) in [5.74, 6) is 1.84. The fourth-order valence-electron chi connectivity index (χ4n) is 16.7. The van der Waals surface area contributed by atoms with E-state index in [1.165, 1.54) is 55.6 Å². The highest BCUT2D eigenvalue weighted by Crippen LogP contribution is 2.45. The molecule has 2 aliphatic carbocycles. The molecule has 2 aliphatic heterocycles. The fourth-order valence-corrected chi connectivity index (χ4v) is 19.9. The molecule has 1 amide bonds. The molecule has 0 saturated heterocycles. The minimum absolute atomic E-state index is 0.0193. The van der Waals surface area contributed by atoms with E-state index in [1.54, 1.807) is 91.4 Å². The van der Waals surface area contributed by atoms with E-state index in [1.807, 2.05) is 166 Å². The average molecular weight is 1870 g/mol. The summed E-state index contributed by atoms with van der Waals surface area (Å²) in [7, 11) is -1.96. The van der Waals surface area contributed by atoms with E-state index in [9.17, 15) is 38.1 Å². The Bertz CT molecular complexity index is 7090. The predicted octanol–water partition coefficient (Wildman–Crippen LogP) is 23.5. The lowest BCUT2D eigenvalue weighted by Gasteiger charge is -2.21. The number of benzene rings is 9. The van der Waals surface area contributed by atoms with Crippen LogP contribution in [0.2, 0.25) is 15.1 Å². The molecule has 1 fully saturated rings. The number of halogens is 3. The molecule has 131 heavy (non-hydrogen) atoms. The lowest BCUT2D eigenvalue weighted by Crippen LogP contribution is -2.31. The van der Waals surface area contributed by atoms with Gasteiger partial charge in [-0.05, 0) is 256 Å². The van der Waals surface area contributed by atoms with Gasteiger partial charge in [0.2, 0.25) is 10.6 Å². The molecule has 0 radical (unpaired) electrons. The van der Waals surface area contributed by atoms with Crippen LogP contribution in [0.3, 0.4) is 0 Å². The third-order valence-electron chi connectivity index (χ3n) is 23.5. The summed E-state index contributed by atoms with van der Waals surface area (Å²) < 4.78 is 55.1. The van der Waals surface area contributed by atoms with Gasteiger partial charge in [0.1, 0.15) is 51.6 Å². The van der Waals surface area contributed by atoms with Crippen molar-refractivity contribution in [2.75, 3.05) is 24.6 Å².